The van der Waals surface area contributed by atoms with Gasteiger partial charge >= 0.3 is 6.36 Å². The molecule has 0 amide bonds. The predicted molar refractivity (Wildman–Crippen MR) is 72.9 cm³/mol. The van der Waals surface area contributed by atoms with Gasteiger partial charge in [-0.3, -0.25) is 4.98 Å². The normalized spacial score (nSPS) is 13.0. The number of rotatable bonds is 5. The molecule has 0 radical (unpaired) electrons. The van der Waals surface area contributed by atoms with Gasteiger partial charge in [0, 0.05) is 18.0 Å². The third-order valence-electron chi connectivity index (χ3n) is 2.90. The highest BCUT2D eigenvalue weighted by Gasteiger charge is 2.33. The van der Waals surface area contributed by atoms with Gasteiger partial charge in [-0.05, 0) is 30.3 Å². The highest BCUT2D eigenvalue weighted by atomic mass is 19.4. The van der Waals surface area contributed by atoms with Crippen molar-refractivity contribution < 1.29 is 17.9 Å². The molecule has 3 nitrogen and oxygen atoms in total. The van der Waals surface area contributed by atoms with Gasteiger partial charge in [0.25, 0.3) is 0 Å². The zero-order valence-electron chi connectivity index (χ0n) is 11.4. The fraction of sp³-hybridized carbons (Fsp3) is 0.267. The first kappa shape index (κ1) is 15.3. The number of aromatic nitrogens is 1. The van der Waals surface area contributed by atoms with Crippen LogP contribution in [0.5, 0.6) is 5.75 Å². The van der Waals surface area contributed by atoms with Crippen LogP contribution >= 0.6 is 0 Å². The Morgan fingerprint density at radius 1 is 1.14 bits per heavy atom. The molecule has 2 rings (SSSR count). The van der Waals surface area contributed by atoms with Gasteiger partial charge in [0.2, 0.25) is 0 Å². The van der Waals surface area contributed by atoms with Crippen molar-refractivity contribution in [2.75, 3.05) is 6.54 Å². The standard InChI is InChI=1S/C15H15F3N2O/c1-2-20-14(11-7-9-19-10-8-11)12-5-3-4-6-13(12)21-15(16,17)18/h3-10,14,20H,2H2,1H3. The molecule has 0 aliphatic rings. The molecule has 1 atom stereocenters. The summed E-state index contributed by atoms with van der Waals surface area (Å²) in [6, 6.07) is 9.26. The van der Waals surface area contributed by atoms with E-state index < -0.39 is 12.4 Å². The first-order valence-corrected chi connectivity index (χ1v) is 6.49. The smallest absolute Gasteiger partial charge is 0.405 e. The number of alkyl halides is 3. The number of ether oxygens (including phenoxy) is 1. The van der Waals surface area contributed by atoms with Crippen LogP contribution in [0.2, 0.25) is 0 Å². The molecule has 0 saturated heterocycles. The van der Waals surface area contributed by atoms with Crippen molar-refractivity contribution in [2.45, 2.75) is 19.3 Å². The molecule has 0 spiro atoms. The molecule has 0 bridgehead atoms. The molecule has 2 aromatic rings. The van der Waals surface area contributed by atoms with E-state index in [2.05, 4.69) is 15.0 Å². The average molecular weight is 296 g/mol. The average Bonchev–Trinajstić information content (AvgIpc) is 2.45. The molecule has 0 aliphatic carbocycles. The van der Waals surface area contributed by atoms with E-state index in [4.69, 9.17) is 0 Å². The van der Waals surface area contributed by atoms with Crippen LogP contribution in [0, 0.1) is 0 Å². The van der Waals surface area contributed by atoms with Gasteiger partial charge in [-0.2, -0.15) is 0 Å². The predicted octanol–water partition coefficient (Wildman–Crippen LogP) is 3.68. The summed E-state index contributed by atoms with van der Waals surface area (Å²) >= 11 is 0. The van der Waals surface area contributed by atoms with Crippen LogP contribution in [-0.2, 0) is 0 Å². The molecule has 1 N–H and O–H groups in total. The minimum absolute atomic E-state index is 0.201. The number of para-hydroxylation sites is 1. The molecule has 1 aromatic carbocycles. The lowest BCUT2D eigenvalue weighted by Crippen LogP contribution is -2.24. The van der Waals surface area contributed by atoms with Gasteiger partial charge in [-0.15, -0.1) is 13.2 Å². The number of hydrogen-bond donors (Lipinski definition) is 1. The Hall–Kier alpha value is -2.08. The van der Waals surface area contributed by atoms with Gasteiger partial charge < -0.3 is 10.1 Å². The van der Waals surface area contributed by atoms with Crippen LogP contribution in [0.15, 0.2) is 48.8 Å². The van der Waals surface area contributed by atoms with E-state index in [1.165, 1.54) is 12.1 Å². The topological polar surface area (TPSA) is 34.2 Å². The van der Waals surface area contributed by atoms with Crippen LogP contribution < -0.4 is 10.1 Å². The van der Waals surface area contributed by atoms with Crippen molar-refractivity contribution in [3.05, 3.63) is 59.9 Å². The van der Waals surface area contributed by atoms with Crippen LogP contribution in [0.25, 0.3) is 0 Å². The maximum atomic E-state index is 12.5. The maximum absolute atomic E-state index is 12.5. The van der Waals surface area contributed by atoms with Crippen LogP contribution in [0.3, 0.4) is 0 Å². The Kier molecular flexibility index (Phi) is 4.80. The van der Waals surface area contributed by atoms with Crippen LogP contribution in [-0.4, -0.2) is 17.9 Å². The molecule has 1 heterocycles. The van der Waals surface area contributed by atoms with E-state index in [-0.39, 0.29) is 5.75 Å². The van der Waals surface area contributed by atoms with Crippen molar-refractivity contribution in [1.29, 1.82) is 0 Å². The minimum atomic E-state index is -4.72. The lowest BCUT2D eigenvalue weighted by atomic mass is 9.98. The molecule has 0 aliphatic heterocycles. The number of pyridine rings is 1. The van der Waals surface area contributed by atoms with E-state index in [1.807, 2.05) is 6.92 Å². The maximum Gasteiger partial charge on any atom is 0.573 e. The second kappa shape index (κ2) is 6.58. The van der Waals surface area contributed by atoms with Crippen LogP contribution in [0.1, 0.15) is 24.1 Å². The summed E-state index contributed by atoms with van der Waals surface area (Å²) in [6.45, 7) is 2.49. The summed E-state index contributed by atoms with van der Waals surface area (Å²) in [5.41, 5.74) is 1.26. The van der Waals surface area contributed by atoms with Crippen molar-refractivity contribution >= 4 is 0 Å². The fourth-order valence-corrected chi connectivity index (χ4v) is 2.10. The van der Waals surface area contributed by atoms with Crippen molar-refractivity contribution in [3.63, 3.8) is 0 Å². The third-order valence-corrected chi connectivity index (χ3v) is 2.90. The quantitative estimate of drug-likeness (QED) is 0.914. The summed E-state index contributed by atoms with van der Waals surface area (Å²) in [7, 11) is 0. The Morgan fingerprint density at radius 3 is 2.43 bits per heavy atom. The number of benzene rings is 1. The SMILES string of the molecule is CCNC(c1ccncc1)c1ccccc1OC(F)(F)F. The molecule has 21 heavy (non-hydrogen) atoms. The first-order valence-electron chi connectivity index (χ1n) is 6.49. The summed E-state index contributed by atoms with van der Waals surface area (Å²) in [5, 5.41) is 3.17. The lowest BCUT2D eigenvalue weighted by molar-refractivity contribution is -0.275. The Morgan fingerprint density at radius 2 is 1.81 bits per heavy atom. The Bertz CT molecular complexity index is 573. The lowest BCUT2D eigenvalue weighted by Gasteiger charge is -2.22. The fourth-order valence-electron chi connectivity index (χ4n) is 2.10. The van der Waals surface area contributed by atoms with Crippen molar-refractivity contribution in [1.82, 2.24) is 10.3 Å². The number of halogens is 3. The monoisotopic (exact) mass is 296 g/mol. The molecule has 0 fully saturated rings. The van der Waals surface area contributed by atoms with Crippen molar-refractivity contribution in [2.24, 2.45) is 0 Å². The number of nitrogens with zero attached hydrogens (tertiary/aromatic N) is 1. The van der Waals surface area contributed by atoms with Gasteiger partial charge in [0.1, 0.15) is 5.75 Å². The minimum Gasteiger partial charge on any atom is -0.405 e. The first-order chi connectivity index (χ1) is 10.0. The summed E-state index contributed by atoms with van der Waals surface area (Å²) in [4.78, 5) is 3.92. The van der Waals surface area contributed by atoms with Gasteiger partial charge in [0.15, 0.2) is 0 Å². The largest absolute Gasteiger partial charge is 0.573 e. The zero-order valence-corrected chi connectivity index (χ0v) is 11.4. The molecular weight excluding hydrogens is 281 g/mol. The summed E-state index contributed by atoms with van der Waals surface area (Å²) < 4.78 is 41.7. The van der Waals surface area contributed by atoms with E-state index >= 15 is 0 Å². The van der Waals surface area contributed by atoms with Gasteiger partial charge in [-0.1, -0.05) is 25.1 Å². The molecule has 112 valence electrons. The van der Waals surface area contributed by atoms with E-state index in [0.717, 1.165) is 5.56 Å². The Balaban J connectivity index is 2.41. The van der Waals surface area contributed by atoms with E-state index in [0.29, 0.717) is 12.1 Å². The second-order valence-corrected chi connectivity index (χ2v) is 4.36. The molecule has 1 unspecified atom stereocenters. The molecule has 1 aromatic heterocycles. The van der Waals surface area contributed by atoms with Gasteiger partial charge in [0.05, 0.1) is 6.04 Å². The van der Waals surface area contributed by atoms with Gasteiger partial charge in [-0.25, -0.2) is 0 Å². The molecule has 0 saturated carbocycles. The highest BCUT2D eigenvalue weighted by Crippen LogP contribution is 2.33. The highest BCUT2D eigenvalue weighted by molar-refractivity contribution is 5.41. The van der Waals surface area contributed by atoms with Crippen LogP contribution in [0.4, 0.5) is 13.2 Å². The summed E-state index contributed by atoms with van der Waals surface area (Å²) in [5.74, 6) is -0.201. The second-order valence-electron chi connectivity index (χ2n) is 4.36. The number of hydrogen-bond acceptors (Lipinski definition) is 3. The Labute approximate surface area is 120 Å². The van der Waals surface area contributed by atoms with E-state index in [9.17, 15) is 13.2 Å². The summed E-state index contributed by atoms with van der Waals surface area (Å²) in [6.07, 6.45) is -1.51. The zero-order chi connectivity index (χ0) is 15.3. The number of nitrogens with one attached hydrogen (secondary N) is 1. The van der Waals surface area contributed by atoms with E-state index in [1.54, 1.807) is 36.7 Å². The third kappa shape index (κ3) is 4.19. The molecular formula is C15H15F3N2O. The van der Waals surface area contributed by atoms with Crippen molar-refractivity contribution in [3.8, 4) is 5.75 Å². The molecule has 6 heteroatoms.